The number of nitrogen functional groups attached to an aromatic ring is 1. The average molecular weight is 289 g/mol. The van der Waals surface area contributed by atoms with Crippen molar-refractivity contribution in [3.8, 4) is 0 Å². The number of carbonyl (C=O) groups excluding carboxylic acids is 1. The molecule has 1 atom stereocenters. The number of likely N-dealkylation sites (tertiary alicyclic amines) is 1. The Balaban J connectivity index is 1.78. The SMILES string of the molecule is CCN1CCCC1CN(C)C(=O)CCc1ccc(N)cc1. The molecule has 1 aromatic rings. The molecule has 116 valence electrons. The summed E-state index contributed by atoms with van der Waals surface area (Å²) in [5, 5.41) is 0. The van der Waals surface area contributed by atoms with Crippen LogP contribution in [-0.2, 0) is 11.2 Å². The summed E-state index contributed by atoms with van der Waals surface area (Å²) in [5.41, 5.74) is 7.60. The number of nitrogens with two attached hydrogens (primary N) is 1. The fourth-order valence-corrected chi connectivity index (χ4v) is 3.06. The van der Waals surface area contributed by atoms with E-state index in [4.69, 9.17) is 5.73 Å². The minimum absolute atomic E-state index is 0.231. The van der Waals surface area contributed by atoms with E-state index in [1.165, 1.54) is 24.9 Å². The molecule has 21 heavy (non-hydrogen) atoms. The predicted octanol–water partition coefficient (Wildman–Crippen LogP) is 2.14. The molecule has 4 heteroatoms. The predicted molar refractivity (Wildman–Crippen MR) is 87.1 cm³/mol. The molecule has 0 spiro atoms. The lowest BCUT2D eigenvalue weighted by Gasteiger charge is -2.27. The summed E-state index contributed by atoms with van der Waals surface area (Å²) in [6.07, 6.45) is 3.82. The molecule has 1 saturated heterocycles. The Bertz CT molecular complexity index is 458. The van der Waals surface area contributed by atoms with Crippen LogP contribution in [0.3, 0.4) is 0 Å². The highest BCUT2D eigenvalue weighted by Gasteiger charge is 2.25. The molecule has 1 aliphatic rings. The Morgan fingerprint density at radius 1 is 1.38 bits per heavy atom. The van der Waals surface area contributed by atoms with Gasteiger partial charge in [0.25, 0.3) is 0 Å². The van der Waals surface area contributed by atoms with Crippen molar-refractivity contribution in [1.82, 2.24) is 9.80 Å². The van der Waals surface area contributed by atoms with Gasteiger partial charge in [0, 0.05) is 31.7 Å². The van der Waals surface area contributed by atoms with E-state index in [2.05, 4.69) is 11.8 Å². The van der Waals surface area contributed by atoms with Crippen molar-refractivity contribution in [3.63, 3.8) is 0 Å². The van der Waals surface area contributed by atoms with Crippen LogP contribution in [-0.4, -0.2) is 48.4 Å². The Hall–Kier alpha value is -1.55. The van der Waals surface area contributed by atoms with Crippen LogP contribution in [0.5, 0.6) is 0 Å². The topological polar surface area (TPSA) is 49.6 Å². The molecule has 4 nitrogen and oxygen atoms in total. The van der Waals surface area contributed by atoms with Gasteiger partial charge < -0.3 is 10.6 Å². The molecule has 1 fully saturated rings. The first-order chi connectivity index (χ1) is 10.1. The minimum Gasteiger partial charge on any atom is -0.399 e. The van der Waals surface area contributed by atoms with E-state index in [-0.39, 0.29) is 5.91 Å². The summed E-state index contributed by atoms with van der Waals surface area (Å²) < 4.78 is 0. The molecule has 0 saturated carbocycles. The summed E-state index contributed by atoms with van der Waals surface area (Å²) in [6, 6.07) is 8.32. The molecule has 0 bridgehead atoms. The highest BCUT2D eigenvalue weighted by atomic mass is 16.2. The summed E-state index contributed by atoms with van der Waals surface area (Å²) in [4.78, 5) is 16.6. The standard InChI is InChI=1S/C17H27N3O/c1-3-20-12-4-5-16(20)13-19(2)17(21)11-8-14-6-9-15(18)10-7-14/h6-7,9-10,16H,3-5,8,11-13,18H2,1-2H3. The third kappa shape index (κ3) is 4.46. The van der Waals surface area contributed by atoms with E-state index < -0.39 is 0 Å². The summed E-state index contributed by atoms with van der Waals surface area (Å²) >= 11 is 0. The van der Waals surface area contributed by atoms with Gasteiger partial charge in [-0.25, -0.2) is 0 Å². The lowest BCUT2D eigenvalue weighted by atomic mass is 10.1. The molecule has 0 radical (unpaired) electrons. The third-order valence-corrected chi connectivity index (χ3v) is 4.42. The van der Waals surface area contributed by atoms with Crippen LogP contribution in [0.15, 0.2) is 24.3 Å². The van der Waals surface area contributed by atoms with E-state index >= 15 is 0 Å². The van der Waals surface area contributed by atoms with Crippen molar-refractivity contribution in [3.05, 3.63) is 29.8 Å². The van der Waals surface area contributed by atoms with Gasteiger partial charge in [-0.1, -0.05) is 19.1 Å². The van der Waals surface area contributed by atoms with Crippen LogP contribution in [0.4, 0.5) is 5.69 Å². The third-order valence-electron chi connectivity index (χ3n) is 4.42. The lowest BCUT2D eigenvalue weighted by molar-refractivity contribution is -0.130. The van der Waals surface area contributed by atoms with Crippen LogP contribution in [0.25, 0.3) is 0 Å². The number of anilines is 1. The van der Waals surface area contributed by atoms with Gasteiger partial charge in [-0.3, -0.25) is 9.69 Å². The van der Waals surface area contributed by atoms with Gasteiger partial charge in [0.05, 0.1) is 0 Å². The van der Waals surface area contributed by atoms with E-state index in [0.29, 0.717) is 12.5 Å². The molecular formula is C17H27N3O. The fourth-order valence-electron chi connectivity index (χ4n) is 3.06. The van der Waals surface area contributed by atoms with Gasteiger partial charge >= 0.3 is 0 Å². The molecule has 1 heterocycles. The molecule has 1 unspecified atom stereocenters. The van der Waals surface area contributed by atoms with Crippen molar-refractivity contribution in [2.75, 3.05) is 32.4 Å². The first-order valence-electron chi connectivity index (χ1n) is 7.92. The van der Waals surface area contributed by atoms with Crippen LogP contribution < -0.4 is 5.73 Å². The number of amides is 1. The van der Waals surface area contributed by atoms with Crippen LogP contribution >= 0.6 is 0 Å². The highest BCUT2D eigenvalue weighted by molar-refractivity contribution is 5.76. The Morgan fingerprint density at radius 2 is 2.10 bits per heavy atom. The highest BCUT2D eigenvalue weighted by Crippen LogP contribution is 2.17. The van der Waals surface area contributed by atoms with Crippen LogP contribution in [0, 0.1) is 0 Å². The first-order valence-corrected chi connectivity index (χ1v) is 7.92. The van der Waals surface area contributed by atoms with Crippen molar-refractivity contribution >= 4 is 11.6 Å². The molecule has 1 aromatic carbocycles. The number of carbonyl (C=O) groups is 1. The number of hydrogen-bond donors (Lipinski definition) is 1. The maximum absolute atomic E-state index is 12.2. The largest absolute Gasteiger partial charge is 0.399 e. The normalized spacial score (nSPS) is 18.9. The summed E-state index contributed by atoms with van der Waals surface area (Å²) in [5.74, 6) is 0.231. The lowest BCUT2D eigenvalue weighted by Crippen LogP contribution is -2.41. The van der Waals surface area contributed by atoms with Gasteiger partial charge in [0.15, 0.2) is 0 Å². The molecule has 1 amide bonds. The van der Waals surface area contributed by atoms with E-state index in [1.807, 2.05) is 36.2 Å². The monoisotopic (exact) mass is 289 g/mol. The van der Waals surface area contributed by atoms with Crippen molar-refractivity contribution in [2.24, 2.45) is 0 Å². The van der Waals surface area contributed by atoms with Gasteiger partial charge in [0.2, 0.25) is 5.91 Å². The van der Waals surface area contributed by atoms with Crippen molar-refractivity contribution in [1.29, 1.82) is 0 Å². The Kier molecular flexibility index (Phi) is 5.62. The second-order valence-corrected chi connectivity index (χ2v) is 5.94. The first kappa shape index (κ1) is 15.8. The molecule has 2 rings (SSSR count). The van der Waals surface area contributed by atoms with Gasteiger partial charge in [-0.2, -0.15) is 0 Å². The molecule has 0 aromatic heterocycles. The van der Waals surface area contributed by atoms with E-state index in [1.54, 1.807) is 0 Å². The van der Waals surface area contributed by atoms with Crippen LogP contribution in [0.2, 0.25) is 0 Å². The smallest absolute Gasteiger partial charge is 0.222 e. The fraction of sp³-hybridized carbons (Fsp3) is 0.588. The maximum atomic E-state index is 12.2. The molecule has 2 N–H and O–H groups in total. The number of nitrogens with zero attached hydrogens (tertiary/aromatic N) is 2. The number of rotatable bonds is 6. The Morgan fingerprint density at radius 3 is 2.76 bits per heavy atom. The zero-order valence-corrected chi connectivity index (χ0v) is 13.2. The van der Waals surface area contributed by atoms with E-state index in [9.17, 15) is 4.79 Å². The number of hydrogen-bond acceptors (Lipinski definition) is 3. The van der Waals surface area contributed by atoms with Crippen LogP contribution in [0.1, 0.15) is 31.7 Å². The minimum atomic E-state index is 0.231. The second-order valence-electron chi connectivity index (χ2n) is 5.94. The second kappa shape index (κ2) is 7.46. The number of aryl methyl sites for hydroxylation is 1. The number of benzene rings is 1. The average Bonchev–Trinajstić information content (AvgIpc) is 2.93. The van der Waals surface area contributed by atoms with Crippen molar-refractivity contribution < 1.29 is 4.79 Å². The van der Waals surface area contributed by atoms with Gasteiger partial charge in [-0.15, -0.1) is 0 Å². The Labute approximate surface area is 127 Å². The molecule has 0 aliphatic carbocycles. The summed E-state index contributed by atoms with van der Waals surface area (Å²) in [7, 11) is 1.93. The zero-order valence-electron chi connectivity index (χ0n) is 13.2. The van der Waals surface area contributed by atoms with E-state index in [0.717, 1.165) is 25.2 Å². The number of likely N-dealkylation sites (N-methyl/N-ethyl adjacent to an activating group) is 2. The maximum Gasteiger partial charge on any atom is 0.222 e. The van der Waals surface area contributed by atoms with Crippen molar-refractivity contribution in [2.45, 2.75) is 38.6 Å². The quantitative estimate of drug-likeness (QED) is 0.816. The van der Waals surface area contributed by atoms with Gasteiger partial charge in [0.1, 0.15) is 0 Å². The zero-order chi connectivity index (χ0) is 15.2. The summed E-state index contributed by atoms with van der Waals surface area (Å²) in [6.45, 7) is 5.31. The van der Waals surface area contributed by atoms with Gasteiger partial charge in [-0.05, 0) is 50.0 Å². The molecule has 1 aliphatic heterocycles. The molecular weight excluding hydrogens is 262 g/mol.